The zero-order valence-corrected chi connectivity index (χ0v) is 16.1. The van der Waals surface area contributed by atoms with Crippen LogP contribution in [-0.2, 0) is 19.7 Å². The minimum atomic E-state index is -1.68. The number of ether oxygens (including phenoxy) is 2. The van der Waals surface area contributed by atoms with Gasteiger partial charge in [-0.25, -0.2) is 4.79 Å². The normalized spacial score (nSPS) is 56.1. The summed E-state index contributed by atoms with van der Waals surface area (Å²) in [5.74, 6) is -0.553. The van der Waals surface area contributed by atoms with E-state index in [0.29, 0.717) is 6.42 Å². The Balaban J connectivity index is 1.58. The third-order valence-corrected chi connectivity index (χ3v) is 9.90. The zero-order chi connectivity index (χ0) is 19.6. The molecule has 9 aliphatic rings. The van der Waals surface area contributed by atoms with E-state index in [-0.39, 0.29) is 23.5 Å². The Hall–Kier alpha value is -1.96. The molecule has 29 heavy (non-hydrogen) atoms. The van der Waals surface area contributed by atoms with Crippen LogP contribution in [0.1, 0.15) is 31.2 Å². The fraction of sp³-hybridized carbons (Fsp3) is 0.636. The monoisotopic (exact) mass is 394 g/mol. The molecule has 7 nitrogen and oxygen atoms in total. The zero-order valence-electron chi connectivity index (χ0n) is 16.1. The number of rotatable bonds is 0. The van der Waals surface area contributed by atoms with Crippen molar-refractivity contribution in [3.05, 3.63) is 29.8 Å². The smallest absolute Gasteiger partial charge is 0.414 e. The van der Waals surface area contributed by atoms with Crippen molar-refractivity contribution < 1.29 is 24.2 Å². The predicted molar refractivity (Wildman–Crippen MR) is 99.2 cm³/mol. The SMILES string of the molecule is COC(=O)N1c2ccccc2C23C4C(=O)C5(O)C6OC4N4CCCC6(CCC152)C43. The summed E-state index contributed by atoms with van der Waals surface area (Å²) in [6.07, 6.45) is 2.15. The lowest BCUT2D eigenvalue weighted by Gasteiger charge is -2.73. The van der Waals surface area contributed by atoms with Gasteiger partial charge >= 0.3 is 6.09 Å². The van der Waals surface area contributed by atoms with Gasteiger partial charge in [0.25, 0.3) is 0 Å². The van der Waals surface area contributed by atoms with Crippen LogP contribution in [0, 0.1) is 11.3 Å². The quantitative estimate of drug-likeness (QED) is 0.712. The molecule has 4 saturated heterocycles. The van der Waals surface area contributed by atoms with Crippen LogP contribution in [0.3, 0.4) is 0 Å². The number of fused-ring (bicyclic) bond motifs is 2. The Kier molecular flexibility index (Phi) is 2.24. The third-order valence-electron chi connectivity index (χ3n) is 9.90. The molecule has 0 radical (unpaired) electrons. The van der Waals surface area contributed by atoms with Crippen molar-refractivity contribution in [3.8, 4) is 0 Å². The number of carbonyl (C=O) groups is 2. The summed E-state index contributed by atoms with van der Waals surface area (Å²) in [6, 6.07) is 8.03. The van der Waals surface area contributed by atoms with Crippen LogP contribution in [0.2, 0.25) is 0 Å². The number of Topliss-reactive ketones (excluding diaryl/α,β-unsaturated/α-hetero) is 1. The van der Waals surface area contributed by atoms with E-state index in [0.717, 1.165) is 37.1 Å². The van der Waals surface area contributed by atoms with Crippen LogP contribution in [-0.4, -0.2) is 65.1 Å². The summed E-state index contributed by atoms with van der Waals surface area (Å²) >= 11 is 0. The number of para-hydroxylation sites is 1. The number of anilines is 1. The van der Waals surface area contributed by atoms with Gasteiger partial charge in [0, 0.05) is 18.0 Å². The molecule has 9 atom stereocenters. The van der Waals surface area contributed by atoms with Gasteiger partial charge in [0.1, 0.15) is 17.9 Å². The fourth-order valence-electron chi connectivity index (χ4n) is 9.68. The van der Waals surface area contributed by atoms with E-state index >= 15 is 0 Å². The minimum Gasteiger partial charge on any atom is -0.452 e. The Labute approximate surface area is 167 Å². The van der Waals surface area contributed by atoms with Gasteiger partial charge in [-0.05, 0) is 37.3 Å². The largest absolute Gasteiger partial charge is 0.452 e. The molecule has 4 saturated carbocycles. The molecule has 0 aromatic heterocycles. The van der Waals surface area contributed by atoms with Crippen molar-refractivity contribution in [2.45, 2.75) is 60.6 Å². The number of methoxy groups -OCH3 is 1. The van der Waals surface area contributed by atoms with E-state index < -0.39 is 34.7 Å². The number of benzene rings is 1. The number of piperidine rings is 1. The first-order chi connectivity index (χ1) is 14.0. The topological polar surface area (TPSA) is 79.3 Å². The first-order valence-corrected chi connectivity index (χ1v) is 10.7. The molecule has 1 amide bonds. The molecule has 5 aliphatic heterocycles. The molecule has 5 heterocycles. The predicted octanol–water partition coefficient (Wildman–Crippen LogP) is 1.18. The molecule has 10 rings (SSSR count). The maximum Gasteiger partial charge on any atom is 0.414 e. The first-order valence-electron chi connectivity index (χ1n) is 10.7. The molecule has 9 bridgehead atoms. The highest BCUT2D eigenvalue weighted by Crippen LogP contribution is 2.85. The summed E-state index contributed by atoms with van der Waals surface area (Å²) < 4.78 is 11.8. The van der Waals surface area contributed by atoms with Crippen molar-refractivity contribution in [1.82, 2.24) is 4.90 Å². The maximum atomic E-state index is 14.0. The maximum absolute atomic E-state index is 14.0. The number of hydrogen-bond acceptors (Lipinski definition) is 6. The van der Waals surface area contributed by atoms with Gasteiger partial charge in [0.05, 0.1) is 24.1 Å². The molecule has 1 aromatic carbocycles. The Morgan fingerprint density at radius 2 is 2.10 bits per heavy atom. The number of aliphatic hydroxyl groups is 1. The van der Waals surface area contributed by atoms with Gasteiger partial charge in [0.15, 0.2) is 11.4 Å². The van der Waals surface area contributed by atoms with Crippen LogP contribution in [0.15, 0.2) is 24.3 Å². The van der Waals surface area contributed by atoms with E-state index in [1.54, 1.807) is 4.90 Å². The van der Waals surface area contributed by atoms with Crippen molar-refractivity contribution in [2.75, 3.05) is 18.6 Å². The summed E-state index contributed by atoms with van der Waals surface area (Å²) in [4.78, 5) is 31.2. The molecule has 1 aromatic rings. The summed E-state index contributed by atoms with van der Waals surface area (Å²) in [5.41, 5.74) is -1.76. The van der Waals surface area contributed by atoms with Crippen LogP contribution >= 0.6 is 0 Å². The van der Waals surface area contributed by atoms with Gasteiger partial charge in [-0.1, -0.05) is 18.2 Å². The van der Waals surface area contributed by atoms with Crippen LogP contribution < -0.4 is 4.90 Å². The van der Waals surface area contributed by atoms with Crippen LogP contribution in [0.5, 0.6) is 0 Å². The second-order valence-electron chi connectivity index (χ2n) is 10.0. The minimum absolute atomic E-state index is 0.113. The number of nitrogens with zero attached hydrogens (tertiary/aromatic N) is 2. The summed E-state index contributed by atoms with van der Waals surface area (Å²) in [6.45, 7) is 0.907. The van der Waals surface area contributed by atoms with Gasteiger partial charge in [-0.15, -0.1) is 0 Å². The number of hydrogen-bond donors (Lipinski definition) is 1. The third kappa shape index (κ3) is 1.06. The molecule has 4 aliphatic carbocycles. The van der Waals surface area contributed by atoms with Crippen molar-refractivity contribution >= 4 is 17.6 Å². The fourth-order valence-corrected chi connectivity index (χ4v) is 9.68. The summed E-state index contributed by atoms with van der Waals surface area (Å²) in [5, 5.41) is 12.3. The van der Waals surface area contributed by atoms with Crippen LogP contribution in [0.4, 0.5) is 10.5 Å². The molecule has 8 fully saturated rings. The lowest BCUT2D eigenvalue weighted by atomic mass is 9.39. The molecule has 1 N–H and O–H groups in total. The van der Waals surface area contributed by atoms with Gasteiger partial charge in [-0.3, -0.25) is 14.6 Å². The van der Waals surface area contributed by atoms with Crippen molar-refractivity contribution in [2.24, 2.45) is 11.3 Å². The average Bonchev–Trinajstić information content (AvgIpc) is 3.19. The number of amides is 1. The van der Waals surface area contributed by atoms with E-state index in [9.17, 15) is 14.7 Å². The number of ketones is 1. The molecular weight excluding hydrogens is 372 g/mol. The van der Waals surface area contributed by atoms with E-state index in [2.05, 4.69) is 11.0 Å². The highest BCUT2D eigenvalue weighted by molar-refractivity contribution is 6.08. The highest BCUT2D eigenvalue weighted by Gasteiger charge is 3.00. The first kappa shape index (κ1) is 15.8. The highest BCUT2D eigenvalue weighted by atomic mass is 16.6. The second kappa shape index (κ2) is 4.11. The van der Waals surface area contributed by atoms with Crippen molar-refractivity contribution in [3.63, 3.8) is 0 Å². The second-order valence-corrected chi connectivity index (χ2v) is 10.0. The van der Waals surface area contributed by atoms with Gasteiger partial charge in [-0.2, -0.15) is 0 Å². The van der Waals surface area contributed by atoms with Crippen molar-refractivity contribution in [1.29, 1.82) is 0 Å². The van der Waals surface area contributed by atoms with E-state index in [4.69, 9.17) is 9.47 Å². The van der Waals surface area contributed by atoms with Gasteiger partial charge in [0.2, 0.25) is 0 Å². The summed E-state index contributed by atoms with van der Waals surface area (Å²) in [7, 11) is 1.37. The molecule has 9 unspecified atom stereocenters. The molecule has 3 spiro atoms. The lowest BCUT2D eigenvalue weighted by Crippen LogP contribution is -2.89. The van der Waals surface area contributed by atoms with E-state index in [1.165, 1.54) is 7.11 Å². The average molecular weight is 394 g/mol. The molecule has 150 valence electrons. The van der Waals surface area contributed by atoms with E-state index in [1.807, 2.05) is 18.2 Å². The molecular formula is C22H22N2O5. The Morgan fingerprint density at radius 1 is 1.28 bits per heavy atom. The standard InChI is InChI=1S/C22H22N2O5/c1-28-18(26)24-12-6-3-2-5-11(12)21-13-14(25)22(27)17-19(8-9-20(21,22)24)7-4-10-23(16(19)21)15(13)29-17/h2-3,5-6,13,15-17,27H,4,7-10H2,1H3. The van der Waals surface area contributed by atoms with Gasteiger partial charge < -0.3 is 14.6 Å². The Morgan fingerprint density at radius 3 is 2.93 bits per heavy atom. The Bertz CT molecular complexity index is 1060. The molecule has 7 heteroatoms. The lowest BCUT2D eigenvalue weighted by molar-refractivity contribution is -0.330. The van der Waals surface area contributed by atoms with Crippen LogP contribution in [0.25, 0.3) is 0 Å². The number of carbonyl (C=O) groups excluding carboxylic acids is 2.